The normalized spacial score (nSPS) is 18.6. The van der Waals surface area contributed by atoms with Crippen LogP contribution in [0.25, 0.3) is 0 Å². The minimum absolute atomic E-state index is 0.153. The van der Waals surface area contributed by atoms with Gasteiger partial charge in [0.15, 0.2) is 12.4 Å². The van der Waals surface area contributed by atoms with Gasteiger partial charge in [-0.25, -0.2) is 0 Å². The SMILES string of the molecule is [O-]N1C=C[N+]([O-])=CC1. The van der Waals surface area contributed by atoms with Crippen molar-refractivity contribution in [2.75, 3.05) is 6.54 Å². The standard InChI is InChI=1S/C4H5N2O2/c7-5-1-2-6(8)4-3-5/h1-3H,4H2/q-1. The molecular formula is C4H5N2O2-. The summed E-state index contributed by atoms with van der Waals surface area (Å²) in [6, 6.07) is 0. The Kier molecular flexibility index (Phi) is 1.17. The minimum Gasteiger partial charge on any atom is -0.758 e. The summed E-state index contributed by atoms with van der Waals surface area (Å²) < 4.78 is 0.606. The molecule has 4 nitrogen and oxygen atoms in total. The summed E-state index contributed by atoms with van der Waals surface area (Å²) in [6.07, 6.45) is 3.61. The molecule has 1 aliphatic rings. The molecule has 8 heavy (non-hydrogen) atoms. The molecule has 0 saturated carbocycles. The first-order chi connectivity index (χ1) is 3.79. The van der Waals surface area contributed by atoms with E-state index in [1.807, 2.05) is 0 Å². The molecule has 0 fully saturated rings. The van der Waals surface area contributed by atoms with Crippen LogP contribution in [0, 0.1) is 10.4 Å². The molecule has 0 saturated heterocycles. The second-order valence-corrected chi connectivity index (χ2v) is 1.44. The van der Waals surface area contributed by atoms with Gasteiger partial charge in [0.25, 0.3) is 0 Å². The lowest BCUT2D eigenvalue weighted by molar-refractivity contribution is -0.377. The third-order valence-corrected chi connectivity index (χ3v) is 0.821. The highest BCUT2D eigenvalue weighted by Crippen LogP contribution is 1.89. The van der Waals surface area contributed by atoms with Crippen LogP contribution in [0.15, 0.2) is 12.4 Å². The fourth-order valence-electron chi connectivity index (χ4n) is 0.423. The Balaban J connectivity index is 2.58. The van der Waals surface area contributed by atoms with Gasteiger partial charge in [0.2, 0.25) is 0 Å². The molecule has 0 radical (unpaired) electrons. The lowest BCUT2D eigenvalue weighted by Gasteiger charge is -2.24. The van der Waals surface area contributed by atoms with E-state index in [0.29, 0.717) is 9.80 Å². The fraction of sp³-hybridized carbons (Fsp3) is 0.250. The zero-order valence-corrected chi connectivity index (χ0v) is 4.15. The van der Waals surface area contributed by atoms with E-state index in [-0.39, 0.29) is 6.54 Å². The predicted octanol–water partition coefficient (Wildman–Crippen LogP) is -0.148. The van der Waals surface area contributed by atoms with Gasteiger partial charge in [0, 0.05) is 0 Å². The van der Waals surface area contributed by atoms with Gasteiger partial charge in [-0.15, -0.1) is 0 Å². The van der Waals surface area contributed by atoms with Gasteiger partial charge in [-0.05, 0) is 0 Å². The van der Waals surface area contributed by atoms with Crippen molar-refractivity contribution in [2.24, 2.45) is 0 Å². The van der Waals surface area contributed by atoms with Gasteiger partial charge in [-0.1, -0.05) is 0 Å². The highest BCUT2D eigenvalue weighted by molar-refractivity contribution is 5.55. The van der Waals surface area contributed by atoms with E-state index in [9.17, 15) is 10.4 Å². The Bertz CT molecular complexity index is 141. The molecule has 0 N–H and O–H groups in total. The first kappa shape index (κ1) is 5.11. The summed E-state index contributed by atoms with van der Waals surface area (Å²) in [5, 5.41) is 21.1. The highest BCUT2D eigenvalue weighted by atomic mass is 16.5. The summed E-state index contributed by atoms with van der Waals surface area (Å²) in [7, 11) is 0. The van der Waals surface area contributed by atoms with Crippen LogP contribution in [0.4, 0.5) is 0 Å². The van der Waals surface area contributed by atoms with E-state index in [4.69, 9.17) is 0 Å². The molecule has 1 rings (SSSR count). The number of nitrogens with zero attached hydrogens (tertiary/aromatic N) is 2. The molecule has 44 valence electrons. The Labute approximate surface area is 46.5 Å². The average molecular weight is 113 g/mol. The van der Waals surface area contributed by atoms with E-state index in [1.165, 1.54) is 12.4 Å². The van der Waals surface area contributed by atoms with Gasteiger partial charge < -0.3 is 15.5 Å². The van der Waals surface area contributed by atoms with Crippen LogP contribution in [0.3, 0.4) is 0 Å². The van der Waals surface area contributed by atoms with Gasteiger partial charge in [-0.3, -0.25) is 0 Å². The van der Waals surface area contributed by atoms with E-state index < -0.39 is 0 Å². The molecular weight excluding hydrogens is 108 g/mol. The van der Waals surface area contributed by atoms with Crippen LogP contribution in [0.2, 0.25) is 0 Å². The summed E-state index contributed by atoms with van der Waals surface area (Å²) in [6.45, 7) is 0.153. The van der Waals surface area contributed by atoms with Crippen molar-refractivity contribution in [3.63, 3.8) is 0 Å². The Morgan fingerprint density at radius 2 is 2.38 bits per heavy atom. The largest absolute Gasteiger partial charge is 0.758 e. The monoisotopic (exact) mass is 113 g/mol. The number of hydrogen-bond acceptors (Lipinski definition) is 3. The van der Waals surface area contributed by atoms with Crippen LogP contribution in [0.1, 0.15) is 0 Å². The van der Waals surface area contributed by atoms with Crippen LogP contribution in [0.5, 0.6) is 0 Å². The average Bonchev–Trinajstić information content (AvgIpc) is 1.77. The third kappa shape index (κ3) is 0.974. The first-order valence-corrected chi connectivity index (χ1v) is 2.20. The second-order valence-electron chi connectivity index (χ2n) is 1.44. The quantitative estimate of drug-likeness (QED) is 0.324. The van der Waals surface area contributed by atoms with Crippen molar-refractivity contribution >= 4 is 6.21 Å². The topological polar surface area (TPSA) is 52.4 Å². The van der Waals surface area contributed by atoms with Gasteiger partial charge >= 0.3 is 0 Å². The maximum Gasteiger partial charge on any atom is 0.195 e. The van der Waals surface area contributed by atoms with Crippen LogP contribution >= 0.6 is 0 Å². The molecule has 1 aliphatic heterocycles. The van der Waals surface area contributed by atoms with E-state index in [0.717, 1.165) is 6.20 Å². The molecule has 1 heterocycles. The summed E-state index contributed by atoms with van der Waals surface area (Å²) in [5.74, 6) is 0. The maximum atomic E-state index is 10.2. The van der Waals surface area contributed by atoms with Gasteiger partial charge in [0.05, 0.1) is 12.7 Å². The van der Waals surface area contributed by atoms with Crippen molar-refractivity contribution in [3.05, 3.63) is 22.8 Å². The smallest absolute Gasteiger partial charge is 0.195 e. The second kappa shape index (κ2) is 1.83. The Morgan fingerprint density at radius 1 is 1.62 bits per heavy atom. The number of hydrogen-bond donors (Lipinski definition) is 0. The van der Waals surface area contributed by atoms with Crippen molar-refractivity contribution in [1.82, 2.24) is 5.06 Å². The fourth-order valence-corrected chi connectivity index (χ4v) is 0.423. The van der Waals surface area contributed by atoms with Crippen molar-refractivity contribution < 1.29 is 4.74 Å². The zero-order chi connectivity index (χ0) is 5.98. The predicted molar refractivity (Wildman–Crippen MR) is 28.9 cm³/mol. The van der Waals surface area contributed by atoms with Crippen LogP contribution in [-0.4, -0.2) is 22.6 Å². The first-order valence-electron chi connectivity index (χ1n) is 2.20. The Morgan fingerprint density at radius 3 is 2.75 bits per heavy atom. The summed E-state index contributed by atoms with van der Waals surface area (Å²) in [4.78, 5) is 0. The maximum absolute atomic E-state index is 10.2. The molecule has 0 aromatic heterocycles. The van der Waals surface area contributed by atoms with Gasteiger partial charge in [0.1, 0.15) is 0 Å². The van der Waals surface area contributed by atoms with Crippen molar-refractivity contribution in [1.29, 1.82) is 0 Å². The summed E-state index contributed by atoms with van der Waals surface area (Å²) >= 11 is 0. The summed E-state index contributed by atoms with van der Waals surface area (Å²) in [5.41, 5.74) is 0. The lowest BCUT2D eigenvalue weighted by Crippen LogP contribution is -2.19. The molecule has 0 aliphatic carbocycles. The van der Waals surface area contributed by atoms with Crippen molar-refractivity contribution in [2.45, 2.75) is 0 Å². The van der Waals surface area contributed by atoms with Crippen molar-refractivity contribution in [3.8, 4) is 0 Å². The van der Waals surface area contributed by atoms with E-state index in [2.05, 4.69) is 0 Å². The molecule has 0 aromatic carbocycles. The van der Waals surface area contributed by atoms with Gasteiger partial charge in [-0.2, -0.15) is 4.74 Å². The van der Waals surface area contributed by atoms with Crippen LogP contribution in [-0.2, 0) is 0 Å². The molecule has 0 unspecified atom stereocenters. The molecule has 0 bridgehead atoms. The highest BCUT2D eigenvalue weighted by Gasteiger charge is 1.92. The molecule has 0 spiro atoms. The minimum atomic E-state index is 0.153. The zero-order valence-electron chi connectivity index (χ0n) is 4.15. The Hall–Kier alpha value is -1.03. The number of hydroxylamine groups is 3. The lowest BCUT2D eigenvalue weighted by atomic mass is 10.6. The van der Waals surface area contributed by atoms with Crippen LogP contribution < -0.4 is 0 Å². The molecule has 0 atom stereocenters. The molecule has 4 heteroatoms. The molecule has 0 amide bonds. The van der Waals surface area contributed by atoms with E-state index >= 15 is 0 Å². The third-order valence-electron chi connectivity index (χ3n) is 0.821. The molecule has 0 aromatic rings. The number of rotatable bonds is 0. The van der Waals surface area contributed by atoms with E-state index in [1.54, 1.807) is 0 Å².